The van der Waals surface area contributed by atoms with Gasteiger partial charge in [0.25, 0.3) is 0 Å². The quantitative estimate of drug-likeness (QED) is 0.431. The largest absolute Gasteiger partial charge is 0.287 e. The van der Waals surface area contributed by atoms with Crippen LogP contribution in [0.1, 0.15) is 12.6 Å². The van der Waals surface area contributed by atoms with Gasteiger partial charge in [0.15, 0.2) is 0 Å². The first-order valence-electron chi connectivity index (χ1n) is 9.56. The molecule has 0 N–H and O–H groups in total. The molecule has 0 saturated heterocycles. The number of benzene rings is 2. The topological polar surface area (TPSA) is 25.2 Å². The molecule has 138 valence electrons. The van der Waals surface area contributed by atoms with Gasteiger partial charge >= 0.3 is 0 Å². The summed E-state index contributed by atoms with van der Waals surface area (Å²) in [5.41, 5.74) is 0.898. The van der Waals surface area contributed by atoms with E-state index in [9.17, 15) is 0 Å². The molecule has 2 aromatic carbocycles. The molecule has 0 radical (unpaired) electrons. The Balaban J connectivity index is 1.64. The van der Waals surface area contributed by atoms with Crippen LogP contribution in [0.3, 0.4) is 0 Å². The van der Waals surface area contributed by atoms with E-state index >= 15 is 0 Å². The van der Waals surface area contributed by atoms with Gasteiger partial charge in [0.05, 0.1) is 11.7 Å². The van der Waals surface area contributed by atoms with Crippen LogP contribution in [0.5, 0.6) is 0 Å². The highest BCUT2D eigenvalue weighted by Gasteiger charge is 2.29. The van der Waals surface area contributed by atoms with Crippen LogP contribution in [0, 0.1) is 5.92 Å². The maximum atomic E-state index is 4.83. The zero-order valence-corrected chi connectivity index (χ0v) is 16.8. The second kappa shape index (κ2) is 8.91. The molecule has 4 rings (SSSR count). The molecule has 2 nitrogen and oxygen atoms in total. The predicted octanol–water partition coefficient (Wildman–Crippen LogP) is 5.09. The molecule has 1 aromatic heterocycles. The van der Waals surface area contributed by atoms with Crippen LogP contribution in [0.2, 0.25) is 0 Å². The fourth-order valence-electron chi connectivity index (χ4n) is 3.46. The Morgan fingerprint density at radius 3 is 2.14 bits per heavy atom. The summed E-state index contributed by atoms with van der Waals surface area (Å²) in [4.78, 5) is 9.18. The van der Waals surface area contributed by atoms with Crippen molar-refractivity contribution >= 4 is 24.7 Å². The van der Waals surface area contributed by atoms with Crippen LogP contribution in [0.4, 0.5) is 0 Å². The maximum Gasteiger partial charge on any atom is 0.0807 e. The minimum Gasteiger partial charge on any atom is -0.287 e. The van der Waals surface area contributed by atoms with Crippen molar-refractivity contribution in [2.75, 3.05) is 0 Å². The van der Waals surface area contributed by atoms with Crippen molar-refractivity contribution in [2.45, 2.75) is 13.0 Å². The zero-order valence-electron chi connectivity index (χ0n) is 15.9. The number of hydrogen-bond acceptors (Lipinski definition) is 2. The molecule has 1 aliphatic rings. The lowest BCUT2D eigenvalue weighted by Crippen LogP contribution is -2.20. The molecule has 0 amide bonds. The highest BCUT2D eigenvalue weighted by molar-refractivity contribution is 7.76. The van der Waals surface area contributed by atoms with E-state index in [-0.39, 0.29) is 6.04 Å². The molecule has 28 heavy (non-hydrogen) atoms. The summed E-state index contributed by atoms with van der Waals surface area (Å²) in [5, 5.41) is 4.21. The molecule has 0 spiro atoms. The summed E-state index contributed by atoms with van der Waals surface area (Å²) in [6, 6.07) is 27.7. The van der Waals surface area contributed by atoms with E-state index in [1.165, 1.54) is 15.9 Å². The van der Waals surface area contributed by atoms with Crippen molar-refractivity contribution in [3.05, 3.63) is 114 Å². The van der Waals surface area contributed by atoms with E-state index in [4.69, 9.17) is 4.99 Å². The summed E-state index contributed by atoms with van der Waals surface area (Å²) in [6.07, 6.45) is 10.5. The number of aromatic nitrogens is 1. The lowest BCUT2D eigenvalue weighted by atomic mass is 10.0. The third kappa shape index (κ3) is 4.18. The Bertz CT molecular complexity index is 939. The van der Waals surface area contributed by atoms with Gasteiger partial charge in [-0.2, -0.15) is 0 Å². The van der Waals surface area contributed by atoms with Gasteiger partial charge in [0.1, 0.15) is 0 Å². The van der Waals surface area contributed by atoms with Crippen LogP contribution in [-0.2, 0) is 0 Å². The first-order valence-corrected chi connectivity index (χ1v) is 10.9. The van der Waals surface area contributed by atoms with Crippen LogP contribution in [-0.4, -0.2) is 17.2 Å². The van der Waals surface area contributed by atoms with Gasteiger partial charge in [-0.15, -0.1) is 0 Å². The van der Waals surface area contributed by atoms with Gasteiger partial charge in [-0.1, -0.05) is 85.0 Å². The van der Waals surface area contributed by atoms with Gasteiger partial charge in [0.2, 0.25) is 0 Å². The number of aliphatic imine (C=N–C) groups is 1. The molecule has 1 unspecified atom stereocenters. The van der Waals surface area contributed by atoms with Gasteiger partial charge in [0, 0.05) is 18.3 Å². The monoisotopic (exact) mass is 382 g/mol. The van der Waals surface area contributed by atoms with E-state index in [0.29, 0.717) is 5.92 Å². The summed E-state index contributed by atoms with van der Waals surface area (Å²) in [5.74, 6) is 0.298. The normalized spacial score (nSPS) is 17.2. The average Bonchev–Trinajstić information content (AvgIpc) is 3.24. The molecule has 0 fully saturated rings. The molecular formula is C25H23N2P. The van der Waals surface area contributed by atoms with Crippen molar-refractivity contribution in [2.24, 2.45) is 10.9 Å². The number of pyridine rings is 1. The SMILES string of the molecule is C[C@H](N=Cc1ccccn1)C1C=CC=C1P(c1ccccc1)c1ccccc1. The second-order valence-electron chi connectivity index (χ2n) is 6.78. The van der Waals surface area contributed by atoms with Crippen molar-refractivity contribution in [3.8, 4) is 0 Å². The fraction of sp³-hybridized carbons (Fsp3) is 0.120. The highest BCUT2D eigenvalue weighted by Crippen LogP contribution is 2.50. The summed E-state index contributed by atoms with van der Waals surface area (Å²) >= 11 is 0. The Kier molecular flexibility index (Phi) is 5.89. The third-order valence-corrected chi connectivity index (χ3v) is 7.46. The molecule has 3 heteroatoms. The van der Waals surface area contributed by atoms with Crippen LogP contribution < -0.4 is 10.6 Å². The summed E-state index contributed by atoms with van der Waals surface area (Å²) < 4.78 is 0. The lowest BCUT2D eigenvalue weighted by molar-refractivity contribution is 0.637. The van der Waals surface area contributed by atoms with E-state index in [2.05, 4.69) is 90.8 Å². The van der Waals surface area contributed by atoms with Gasteiger partial charge in [-0.3, -0.25) is 9.98 Å². The molecule has 0 bridgehead atoms. The van der Waals surface area contributed by atoms with Crippen LogP contribution >= 0.6 is 7.92 Å². The highest BCUT2D eigenvalue weighted by atomic mass is 31.1. The predicted molar refractivity (Wildman–Crippen MR) is 121 cm³/mol. The minimum atomic E-state index is -0.580. The third-order valence-electron chi connectivity index (χ3n) is 4.86. The summed E-state index contributed by atoms with van der Waals surface area (Å²) in [6.45, 7) is 2.19. The van der Waals surface area contributed by atoms with E-state index < -0.39 is 7.92 Å². The zero-order chi connectivity index (χ0) is 19.2. The molecule has 1 aliphatic carbocycles. The van der Waals surface area contributed by atoms with Gasteiger partial charge < -0.3 is 0 Å². The lowest BCUT2D eigenvalue weighted by Gasteiger charge is -2.27. The van der Waals surface area contributed by atoms with Crippen molar-refractivity contribution in [1.82, 2.24) is 4.98 Å². The molecule has 3 aromatic rings. The first-order chi connectivity index (χ1) is 13.8. The Hall–Kier alpha value is -2.83. The Morgan fingerprint density at radius 1 is 0.893 bits per heavy atom. The Morgan fingerprint density at radius 2 is 1.54 bits per heavy atom. The van der Waals surface area contributed by atoms with E-state index in [0.717, 1.165) is 5.69 Å². The minimum absolute atomic E-state index is 0.157. The molecule has 1 heterocycles. The summed E-state index contributed by atoms with van der Waals surface area (Å²) in [7, 11) is -0.580. The standard InChI is InChI=1S/C25H23N2P/c1-20(27-19-21-11-8-9-18-26-21)24-16-10-17-25(24)28(22-12-4-2-5-13-22)23-14-6-3-7-15-23/h2-20,24H,1H3/t20-,24?/m0/s1. The van der Waals surface area contributed by atoms with E-state index in [1.807, 2.05) is 24.4 Å². The maximum absolute atomic E-state index is 4.83. The Labute approximate surface area is 168 Å². The first kappa shape index (κ1) is 18.5. The second-order valence-corrected chi connectivity index (χ2v) is 9.00. The van der Waals surface area contributed by atoms with Gasteiger partial charge in [-0.25, -0.2) is 0 Å². The number of nitrogens with zero attached hydrogens (tertiary/aromatic N) is 2. The van der Waals surface area contributed by atoms with E-state index in [1.54, 1.807) is 6.20 Å². The van der Waals surface area contributed by atoms with Crippen molar-refractivity contribution in [3.63, 3.8) is 0 Å². The smallest absolute Gasteiger partial charge is 0.0807 e. The fourth-order valence-corrected chi connectivity index (χ4v) is 6.13. The number of allylic oxidation sites excluding steroid dienone is 2. The average molecular weight is 382 g/mol. The van der Waals surface area contributed by atoms with Crippen LogP contribution in [0.25, 0.3) is 0 Å². The molecule has 2 atom stereocenters. The van der Waals surface area contributed by atoms with Crippen LogP contribution in [0.15, 0.2) is 114 Å². The molecular weight excluding hydrogens is 359 g/mol. The van der Waals surface area contributed by atoms with Crippen molar-refractivity contribution in [1.29, 1.82) is 0 Å². The number of rotatable bonds is 6. The van der Waals surface area contributed by atoms with Crippen molar-refractivity contribution < 1.29 is 0 Å². The molecule has 0 aliphatic heterocycles. The molecule has 0 saturated carbocycles. The van der Waals surface area contributed by atoms with Gasteiger partial charge in [-0.05, 0) is 42.9 Å². The number of hydrogen-bond donors (Lipinski definition) is 0.